The van der Waals surface area contributed by atoms with Crippen molar-refractivity contribution in [3.63, 3.8) is 0 Å². The normalized spacial score (nSPS) is 11.3. The average molecular weight is 586 g/mol. The molecule has 220 valence electrons. The zero-order chi connectivity index (χ0) is 30.7. The van der Waals surface area contributed by atoms with Crippen LogP contribution in [0, 0.1) is 0 Å². The molecule has 9 nitrogen and oxygen atoms in total. The van der Waals surface area contributed by atoms with Crippen LogP contribution >= 0.6 is 0 Å². The fourth-order valence-electron chi connectivity index (χ4n) is 4.86. The highest BCUT2D eigenvalue weighted by Gasteiger charge is 2.16. The lowest BCUT2D eigenvalue weighted by atomic mass is 10.1. The quantitative estimate of drug-likeness (QED) is 0.173. The molecule has 6 aromatic rings. The fourth-order valence-corrected chi connectivity index (χ4v) is 4.86. The van der Waals surface area contributed by atoms with E-state index in [2.05, 4.69) is 25.9 Å². The van der Waals surface area contributed by atoms with Gasteiger partial charge in [0.05, 0.1) is 5.69 Å². The van der Waals surface area contributed by atoms with Crippen LogP contribution in [-0.4, -0.2) is 27.6 Å². The molecule has 2 aromatic heterocycles. The first-order valence-electron chi connectivity index (χ1n) is 14.2. The summed E-state index contributed by atoms with van der Waals surface area (Å²) >= 11 is 0. The second kappa shape index (κ2) is 11.9. The number of furan rings is 1. The number of carbonyl (C=O) groups excluding carboxylic acids is 2. The summed E-state index contributed by atoms with van der Waals surface area (Å²) in [5.74, 6) is 0.321. The van der Waals surface area contributed by atoms with Crippen molar-refractivity contribution in [2.24, 2.45) is 0 Å². The molecule has 0 radical (unpaired) electrons. The summed E-state index contributed by atoms with van der Waals surface area (Å²) in [7, 11) is 0. The Hall–Kier alpha value is -5.70. The average Bonchev–Trinajstić information content (AvgIpc) is 3.39. The van der Waals surface area contributed by atoms with Crippen molar-refractivity contribution in [2.45, 2.75) is 32.9 Å². The number of ether oxygens (including phenoxy) is 1. The lowest BCUT2D eigenvalue weighted by molar-refractivity contribution is 0.0523. The molecule has 6 rings (SSSR count). The zero-order valence-corrected chi connectivity index (χ0v) is 24.5. The monoisotopic (exact) mass is 585 g/mol. The third kappa shape index (κ3) is 6.52. The lowest BCUT2D eigenvalue weighted by Crippen LogP contribution is -2.32. The number of nitrogens with zero attached hydrogens (tertiary/aromatic N) is 2. The Balaban J connectivity index is 1.15. The second-order valence-electron chi connectivity index (χ2n) is 11.3. The van der Waals surface area contributed by atoms with Crippen LogP contribution in [0.2, 0.25) is 0 Å². The molecule has 0 spiro atoms. The predicted octanol–water partition coefficient (Wildman–Crippen LogP) is 8.06. The highest BCUT2D eigenvalue weighted by atomic mass is 16.6. The molecule has 0 aliphatic heterocycles. The first kappa shape index (κ1) is 28.4. The van der Waals surface area contributed by atoms with Gasteiger partial charge in [0.1, 0.15) is 28.9 Å². The number of amides is 2. The van der Waals surface area contributed by atoms with E-state index in [0.717, 1.165) is 44.4 Å². The summed E-state index contributed by atoms with van der Waals surface area (Å²) in [5.41, 5.74) is 5.19. The first-order valence-corrected chi connectivity index (χ1v) is 14.2. The molecule has 0 unspecified atom stereocenters. The Morgan fingerprint density at radius 2 is 1.59 bits per heavy atom. The van der Waals surface area contributed by atoms with Crippen LogP contribution in [0.3, 0.4) is 0 Å². The third-order valence-corrected chi connectivity index (χ3v) is 6.77. The lowest BCUT2D eigenvalue weighted by Gasteiger charge is -2.19. The van der Waals surface area contributed by atoms with Crippen LogP contribution in [0.25, 0.3) is 33.2 Å². The van der Waals surface area contributed by atoms with Crippen molar-refractivity contribution in [3.8, 4) is 11.3 Å². The molecule has 0 atom stereocenters. The largest absolute Gasteiger partial charge is 0.455 e. The molecule has 4 aromatic carbocycles. The van der Waals surface area contributed by atoms with Gasteiger partial charge in [-0.15, -0.1) is 0 Å². The van der Waals surface area contributed by atoms with Crippen LogP contribution in [-0.2, 0) is 11.3 Å². The minimum absolute atomic E-state index is 0.237. The molecule has 2 amide bonds. The Labute approximate surface area is 254 Å². The van der Waals surface area contributed by atoms with Crippen molar-refractivity contribution < 1.29 is 18.7 Å². The minimum atomic E-state index is -0.588. The Morgan fingerprint density at radius 1 is 0.818 bits per heavy atom. The van der Waals surface area contributed by atoms with E-state index in [-0.39, 0.29) is 12.5 Å². The number of alkyl carbamates (subject to hydrolysis) is 1. The Bertz CT molecular complexity index is 1990. The first-order chi connectivity index (χ1) is 21.2. The van der Waals surface area contributed by atoms with Gasteiger partial charge in [0, 0.05) is 45.9 Å². The maximum absolute atomic E-state index is 13.1. The highest BCUT2D eigenvalue weighted by Crippen LogP contribution is 2.35. The molecule has 3 N–H and O–H groups in total. The van der Waals surface area contributed by atoms with Gasteiger partial charge in [0.15, 0.2) is 0 Å². The topological polar surface area (TPSA) is 118 Å². The standard InChI is InChI=1S/C35H31N5O4/c1-35(2,3)44-34(42)36-20-22-9-6-10-23(17-22)33(41)40-25-12-7-11-24(18-25)39-31-19-29(37-21-38-31)28-15-8-14-27-26-13-4-5-16-30(26)43-32(27)28/h4-19,21H,20H2,1-3H3,(H,36,42)(H,40,41)(H,37,38,39). The number of fused-ring (bicyclic) bond motifs is 3. The summed E-state index contributed by atoms with van der Waals surface area (Å²) in [5, 5.41) is 11.0. The van der Waals surface area contributed by atoms with Crippen LogP contribution in [0.5, 0.6) is 0 Å². The van der Waals surface area contributed by atoms with Gasteiger partial charge < -0.3 is 25.1 Å². The molecule has 0 saturated carbocycles. The molecule has 9 heteroatoms. The van der Waals surface area contributed by atoms with E-state index in [1.807, 2.05) is 78.9 Å². The summed E-state index contributed by atoms with van der Waals surface area (Å²) in [6, 6.07) is 30.3. The SMILES string of the molecule is CC(C)(C)OC(=O)NCc1cccc(C(=O)Nc2cccc(Nc3cc(-c4cccc5c4oc4ccccc45)ncn3)c2)c1. The van der Waals surface area contributed by atoms with Crippen molar-refractivity contribution in [2.75, 3.05) is 10.6 Å². The predicted molar refractivity (Wildman–Crippen MR) is 172 cm³/mol. The number of hydrogen-bond donors (Lipinski definition) is 3. The molecular weight excluding hydrogens is 554 g/mol. The van der Waals surface area contributed by atoms with E-state index >= 15 is 0 Å². The van der Waals surface area contributed by atoms with Gasteiger partial charge in [-0.2, -0.15) is 0 Å². The Morgan fingerprint density at radius 3 is 2.45 bits per heavy atom. The van der Waals surface area contributed by atoms with E-state index in [1.54, 1.807) is 39.0 Å². The molecule has 0 aliphatic rings. The van der Waals surface area contributed by atoms with Crippen molar-refractivity contribution >= 4 is 51.1 Å². The van der Waals surface area contributed by atoms with Crippen LogP contribution < -0.4 is 16.0 Å². The molecular formula is C35H31N5O4. The number of para-hydroxylation sites is 2. The summed E-state index contributed by atoms with van der Waals surface area (Å²) in [6.07, 6.45) is 0.995. The number of carbonyl (C=O) groups is 2. The molecule has 2 heterocycles. The number of nitrogens with one attached hydrogen (secondary N) is 3. The fraction of sp³-hybridized carbons (Fsp3) is 0.143. The van der Waals surface area contributed by atoms with E-state index in [9.17, 15) is 9.59 Å². The van der Waals surface area contributed by atoms with Crippen LogP contribution in [0.1, 0.15) is 36.7 Å². The number of aromatic nitrogens is 2. The zero-order valence-electron chi connectivity index (χ0n) is 24.5. The van der Waals surface area contributed by atoms with Crippen molar-refractivity contribution in [3.05, 3.63) is 115 Å². The van der Waals surface area contributed by atoms with E-state index in [1.165, 1.54) is 6.33 Å². The summed E-state index contributed by atoms with van der Waals surface area (Å²) in [4.78, 5) is 34.0. The van der Waals surface area contributed by atoms with Crippen molar-refractivity contribution in [1.82, 2.24) is 15.3 Å². The van der Waals surface area contributed by atoms with E-state index in [4.69, 9.17) is 9.15 Å². The summed E-state index contributed by atoms with van der Waals surface area (Å²) < 4.78 is 11.5. The Kier molecular flexibility index (Phi) is 7.68. The molecule has 0 saturated heterocycles. The van der Waals surface area contributed by atoms with Crippen molar-refractivity contribution in [1.29, 1.82) is 0 Å². The molecule has 44 heavy (non-hydrogen) atoms. The molecule has 0 bridgehead atoms. The van der Waals surface area contributed by atoms with E-state index in [0.29, 0.717) is 17.1 Å². The number of benzene rings is 4. The number of hydrogen-bond acceptors (Lipinski definition) is 7. The van der Waals surface area contributed by atoms with Gasteiger partial charge in [-0.25, -0.2) is 14.8 Å². The maximum atomic E-state index is 13.1. The van der Waals surface area contributed by atoms with Gasteiger partial charge >= 0.3 is 6.09 Å². The third-order valence-electron chi connectivity index (χ3n) is 6.77. The number of rotatable bonds is 7. The minimum Gasteiger partial charge on any atom is -0.455 e. The number of anilines is 3. The smallest absolute Gasteiger partial charge is 0.407 e. The van der Waals surface area contributed by atoms with Gasteiger partial charge in [-0.05, 0) is 68.8 Å². The maximum Gasteiger partial charge on any atom is 0.407 e. The van der Waals surface area contributed by atoms with Crippen LogP contribution in [0.15, 0.2) is 108 Å². The van der Waals surface area contributed by atoms with E-state index < -0.39 is 11.7 Å². The van der Waals surface area contributed by atoms with Gasteiger partial charge in [-0.3, -0.25) is 4.79 Å². The summed E-state index contributed by atoms with van der Waals surface area (Å²) in [6.45, 7) is 5.65. The molecule has 0 fully saturated rings. The highest BCUT2D eigenvalue weighted by molar-refractivity contribution is 6.09. The van der Waals surface area contributed by atoms with Gasteiger partial charge in [0.2, 0.25) is 0 Å². The van der Waals surface area contributed by atoms with Crippen LogP contribution in [0.4, 0.5) is 22.0 Å². The second-order valence-corrected chi connectivity index (χ2v) is 11.3. The molecule has 0 aliphatic carbocycles. The van der Waals surface area contributed by atoms with Gasteiger partial charge in [-0.1, -0.05) is 48.5 Å². The van der Waals surface area contributed by atoms with Gasteiger partial charge in [0.25, 0.3) is 5.91 Å².